The first-order chi connectivity index (χ1) is 9.67. The summed E-state index contributed by atoms with van der Waals surface area (Å²) in [4.78, 5) is 23.5. The van der Waals surface area contributed by atoms with E-state index in [0.29, 0.717) is 11.1 Å². The van der Waals surface area contributed by atoms with Crippen molar-refractivity contribution in [2.75, 3.05) is 14.2 Å². The second-order valence-corrected chi connectivity index (χ2v) is 4.20. The van der Waals surface area contributed by atoms with Crippen molar-refractivity contribution >= 4 is 11.9 Å². The minimum atomic E-state index is -0.397. The maximum absolute atomic E-state index is 11.8. The zero-order chi connectivity index (χ0) is 14.5. The van der Waals surface area contributed by atoms with Gasteiger partial charge in [-0.3, -0.25) is 4.79 Å². The van der Waals surface area contributed by atoms with Gasteiger partial charge in [-0.25, -0.2) is 4.79 Å². The van der Waals surface area contributed by atoms with Crippen LogP contribution in [0.1, 0.15) is 20.7 Å². The number of carbonyl (C=O) groups excluding carboxylic acids is 2. The molecule has 2 rings (SSSR count). The van der Waals surface area contributed by atoms with Crippen molar-refractivity contribution in [1.82, 2.24) is 5.32 Å². The van der Waals surface area contributed by atoms with E-state index in [1.807, 2.05) is 18.2 Å². The molecule has 0 aliphatic carbocycles. The third-order valence-corrected chi connectivity index (χ3v) is 3.00. The molecule has 0 atom stereocenters. The zero-order valence-electron chi connectivity index (χ0n) is 11.3. The van der Waals surface area contributed by atoms with Crippen molar-refractivity contribution in [1.29, 1.82) is 0 Å². The third-order valence-electron chi connectivity index (χ3n) is 3.00. The number of ether oxygens (including phenoxy) is 1. The van der Waals surface area contributed by atoms with Crippen LogP contribution in [-0.2, 0) is 4.74 Å². The van der Waals surface area contributed by atoms with E-state index in [0.717, 1.165) is 11.1 Å². The lowest BCUT2D eigenvalue weighted by atomic mass is 9.98. The van der Waals surface area contributed by atoms with Gasteiger partial charge in [0.25, 0.3) is 5.91 Å². The summed E-state index contributed by atoms with van der Waals surface area (Å²) in [5.74, 6) is -0.562. The number of hydrogen-bond donors (Lipinski definition) is 1. The first-order valence-electron chi connectivity index (χ1n) is 6.17. The minimum Gasteiger partial charge on any atom is -0.465 e. The summed E-state index contributed by atoms with van der Waals surface area (Å²) in [6.07, 6.45) is 0. The lowest BCUT2D eigenvalue weighted by Gasteiger charge is -2.09. The number of hydrogen-bond acceptors (Lipinski definition) is 3. The predicted molar refractivity (Wildman–Crippen MR) is 76.6 cm³/mol. The molecule has 4 nitrogen and oxygen atoms in total. The molecule has 0 unspecified atom stereocenters. The molecule has 20 heavy (non-hydrogen) atoms. The van der Waals surface area contributed by atoms with Gasteiger partial charge in [-0.2, -0.15) is 0 Å². The van der Waals surface area contributed by atoms with E-state index in [1.54, 1.807) is 37.4 Å². The number of esters is 1. The summed E-state index contributed by atoms with van der Waals surface area (Å²) in [5.41, 5.74) is 2.56. The maximum Gasteiger partial charge on any atom is 0.338 e. The highest BCUT2D eigenvalue weighted by Gasteiger charge is 2.13. The van der Waals surface area contributed by atoms with Gasteiger partial charge in [0.1, 0.15) is 0 Å². The first-order valence-corrected chi connectivity index (χ1v) is 6.17. The lowest BCUT2D eigenvalue weighted by Crippen LogP contribution is -2.17. The van der Waals surface area contributed by atoms with E-state index in [1.165, 1.54) is 7.11 Å². The van der Waals surface area contributed by atoms with E-state index in [2.05, 4.69) is 5.32 Å². The summed E-state index contributed by atoms with van der Waals surface area (Å²) in [7, 11) is 2.93. The molecule has 0 aromatic heterocycles. The molecule has 0 aliphatic rings. The van der Waals surface area contributed by atoms with Gasteiger partial charge in [-0.05, 0) is 29.3 Å². The van der Waals surface area contributed by atoms with Gasteiger partial charge in [-0.15, -0.1) is 0 Å². The molecule has 0 spiro atoms. The highest BCUT2D eigenvalue weighted by Crippen LogP contribution is 2.25. The van der Waals surface area contributed by atoms with Crippen molar-refractivity contribution in [3.05, 3.63) is 59.7 Å². The molecule has 1 amide bonds. The highest BCUT2D eigenvalue weighted by atomic mass is 16.5. The summed E-state index contributed by atoms with van der Waals surface area (Å²) in [6, 6.07) is 14.3. The second-order valence-electron chi connectivity index (χ2n) is 4.20. The molecule has 2 aromatic rings. The fraction of sp³-hybridized carbons (Fsp3) is 0.125. The topological polar surface area (TPSA) is 55.4 Å². The lowest BCUT2D eigenvalue weighted by molar-refractivity contribution is 0.0601. The van der Waals surface area contributed by atoms with Crippen molar-refractivity contribution in [2.45, 2.75) is 0 Å². The van der Waals surface area contributed by atoms with Crippen LogP contribution in [0.25, 0.3) is 11.1 Å². The van der Waals surface area contributed by atoms with E-state index in [4.69, 9.17) is 4.74 Å². The van der Waals surface area contributed by atoms with Gasteiger partial charge in [0, 0.05) is 12.6 Å². The number of carbonyl (C=O) groups is 2. The Morgan fingerprint density at radius 2 is 1.80 bits per heavy atom. The Hall–Kier alpha value is -2.62. The second kappa shape index (κ2) is 6.02. The molecule has 0 fully saturated rings. The Balaban J connectivity index is 2.52. The van der Waals surface area contributed by atoms with Crippen LogP contribution in [-0.4, -0.2) is 26.0 Å². The Morgan fingerprint density at radius 3 is 2.50 bits per heavy atom. The van der Waals surface area contributed by atoms with Crippen LogP contribution in [0.4, 0.5) is 0 Å². The Morgan fingerprint density at radius 1 is 1.05 bits per heavy atom. The van der Waals surface area contributed by atoms with Crippen molar-refractivity contribution in [3.63, 3.8) is 0 Å². The Bertz CT molecular complexity index is 650. The standard InChI is InChI=1S/C16H15NO3/c1-17-15(18)12-7-5-6-11(10-12)13-8-3-4-9-14(13)16(19)20-2/h3-10H,1-2H3,(H,17,18). The summed E-state index contributed by atoms with van der Waals surface area (Å²) >= 11 is 0. The van der Waals surface area contributed by atoms with Crippen LogP contribution in [0.3, 0.4) is 0 Å². The number of amides is 1. The molecule has 1 N–H and O–H groups in total. The summed E-state index contributed by atoms with van der Waals surface area (Å²) in [5, 5.41) is 2.58. The van der Waals surface area contributed by atoms with E-state index >= 15 is 0 Å². The largest absolute Gasteiger partial charge is 0.465 e. The molecule has 0 saturated heterocycles. The van der Waals surface area contributed by atoms with Gasteiger partial charge in [0.2, 0.25) is 0 Å². The van der Waals surface area contributed by atoms with Gasteiger partial charge in [0.05, 0.1) is 12.7 Å². The van der Waals surface area contributed by atoms with Crippen LogP contribution >= 0.6 is 0 Å². The average Bonchev–Trinajstić information content (AvgIpc) is 2.53. The monoisotopic (exact) mass is 269 g/mol. The summed E-state index contributed by atoms with van der Waals surface area (Å²) in [6.45, 7) is 0. The fourth-order valence-electron chi connectivity index (χ4n) is 2.00. The minimum absolute atomic E-state index is 0.164. The van der Waals surface area contributed by atoms with Crippen LogP contribution < -0.4 is 5.32 Å². The zero-order valence-corrected chi connectivity index (χ0v) is 11.3. The van der Waals surface area contributed by atoms with E-state index in [9.17, 15) is 9.59 Å². The van der Waals surface area contributed by atoms with Crippen molar-refractivity contribution in [2.24, 2.45) is 0 Å². The molecular weight excluding hydrogens is 254 g/mol. The Labute approximate surface area is 117 Å². The molecule has 2 aromatic carbocycles. The fourth-order valence-corrected chi connectivity index (χ4v) is 2.00. The highest BCUT2D eigenvalue weighted by molar-refractivity contribution is 5.99. The number of methoxy groups -OCH3 is 1. The van der Waals surface area contributed by atoms with Gasteiger partial charge < -0.3 is 10.1 Å². The molecule has 0 aliphatic heterocycles. The molecule has 102 valence electrons. The average molecular weight is 269 g/mol. The SMILES string of the molecule is CNC(=O)c1cccc(-c2ccccc2C(=O)OC)c1. The normalized spacial score (nSPS) is 9.90. The molecule has 0 bridgehead atoms. The first kappa shape index (κ1) is 13.8. The van der Waals surface area contributed by atoms with E-state index < -0.39 is 5.97 Å². The number of nitrogens with one attached hydrogen (secondary N) is 1. The van der Waals surface area contributed by atoms with Crippen LogP contribution in [0.2, 0.25) is 0 Å². The van der Waals surface area contributed by atoms with E-state index in [-0.39, 0.29) is 5.91 Å². The van der Waals surface area contributed by atoms with Gasteiger partial charge in [-0.1, -0.05) is 30.3 Å². The quantitative estimate of drug-likeness (QED) is 0.871. The van der Waals surface area contributed by atoms with Crippen molar-refractivity contribution in [3.8, 4) is 11.1 Å². The van der Waals surface area contributed by atoms with Gasteiger partial charge in [0.15, 0.2) is 0 Å². The Kier molecular flexibility index (Phi) is 4.15. The van der Waals surface area contributed by atoms with Crippen LogP contribution in [0.5, 0.6) is 0 Å². The molecule has 0 radical (unpaired) electrons. The van der Waals surface area contributed by atoms with Crippen LogP contribution in [0.15, 0.2) is 48.5 Å². The number of benzene rings is 2. The maximum atomic E-state index is 11.8. The molecule has 0 saturated carbocycles. The van der Waals surface area contributed by atoms with Crippen LogP contribution in [0, 0.1) is 0 Å². The molecular formula is C16H15NO3. The van der Waals surface area contributed by atoms with Crippen molar-refractivity contribution < 1.29 is 14.3 Å². The molecule has 0 heterocycles. The smallest absolute Gasteiger partial charge is 0.338 e. The van der Waals surface area contributed by atoms with Gasteiger partial charge >= 0.3 is 5.97 Å². The predicted octanol–water partition coefficient (Wildman–Crippen LogP) is 2.50. The third kappa shape index (κ3) is 2.69. The summed E-state index contributed by atoms with van der Waals surface area (Å²) < 4.78 is 4.78. The number of rotatable bonds is 3. The molecule has 4 heteroatoms.